The summed E-state index contributed by atoms with van der Waals surface area (Å²) in [5, 5.41) is 3.26. The summed E-state index contributed by atoms with van der Waals surface area (Å²) >= 11 is 3.37. The van der Waals surface area contributed by atoms with Crippen LogP contribution in [0.1, 0.15) is 0 Å². The summed E-state index contributed by atoms with van der Waals surface area (Å²) in [7, 11) is 2.84. The molecule has 1 heterocycles. The molecule has 0 unspecified atom stereocenters. The average molecular weight is 396 g/mol. The van der Waals surface area contributed by atoms with Gasteiger partial charge in [0.05, 0.1) is 24.2 Å². The predicted molar refractivity (Wildman–Crippen MR) is 90.0 cm³/mol. The van der Waals surface area contributed by atoms with Gasteiger partial charge in [-0.2, -0.15) is 0 Å². The molecule has 0 aliphatic heterocycles. The lowest BCUT2D eigenvalue weighted by Crippen LogP contribution is -2.02. The second kappa shape index (κ2) is 6.56. The molecule has 8 heteroatoms. The minimum Gasteiger partial charge on any atom is -0.495 e. The highest BCUT2D eigenvalue weighted by Crippen LogP contribution is 2.35. The van der Waals surface area contributed by atoms with Crippen molar-refractivity contribution < 1.29 is 18.3 Å². The highest BCUT2D eigenvalue weighted by molar-refractivity contribution is 9.10. The second-order valence-corrected chi connectivity index (χ2v) is 5.64. The van der Waals surface area contributed by atoms with Crippen LogP contribution < -0.4 is 14.8 Å². The van der Waals surface area contributed by atoms with Crippen molar-refractivity contribution in [1.29, 1.82) is 0 Å². The lowest BCUT2D eigenvalue weighted by atomic mass is 10.2. The van der Waals surface area contributed by atoms with Gasteiger partial charge in [-0.25, -0.2) is 18.7 Å². The summed E-state index contributed by atoms with van der Waals surface area (Å²) in [4.78, 5) is 8.23. The van der Waals surface area contributed by atoms with E-state index in [0.717, 1.165) is 6.07 Å². The Morgan fingerprint density at radius 2 is 1.79 bits per heavy atom. The SMILES string of the molecule is COc1cc2ncnc(Nc3c(F)ccc(OC)c3F)c2cc1Br. The highest BCUT2D eigenvalue weighted by Gasteiger charge is 2.17. The van der Waals surface area contributed by atoms with Gasteiger partial charge in [-0.05, 0) is 34.1 Å². The van der Waals surface area contributed by atoms with E-state index >= 15 is 0 Å². The Balaban J connectivity index is 2.13. The first-order valence-electron chi connectivity index (χ1n) is 6.82. The van der Waals surface area contributed by atoms with Gasteiger partial charge >= 0.3 is 0 Å². The molecule has 3 aromatic rings. The second-order valence-electron chi connectivity index (χ2n) is 4.79. The number of aromatic nitrogens is 2. The first-order chi connectivity index (χ1) is 11.5. The minimum absolute atomic E-state index is 0.0693. The smallest absolute Gasteiger partial charge is 0.191 e. The number of methoxy groups -OCH3 is 2. The van der Waals surface area contributed by atoms with Crippen LogP contribution in [0, 0.1) is 11.6 Å². The van der Waals surface area contributed by atoms with Crippen LogP contribution in [0.15, 0.2) is 35.1 Å². The van der Waals surface area contributed by atoms with Crippen LogP contribution in [-0.2, 0) is 0 Å². The van der Waals surface area contributed by atoms with Crippen LogP contribution in [0.25, 0.3) is 10.9 Å². The standard InChI is InChI=1S/C16H12BrF2N3O2/c1-23-12-4-3-10(18)15(14(12)19)22-16-8-5-9(17)13(24-2)6-11(8)20-7-21-16/h3-7H,1-2H3,(H,20,21,22). The Hall–Kier alpha value is -2.48. The Bertz CT molecular complexity index is 921. The van der Waals surface area contributed by atoms with Crippen LogP contribution in [0.5, 0.6) is 11.5 Å². The van der Waals surface area contributed by atoms with E-state index in [9.17, 15) is 8.78 Å². The molecule has 0 atom stereocenters. The Kier molecular flexibility index (Phi) is 4.48. The minimum atomic E-state index is -0.836. The quantitative estimate of drug-likeness (QED) is 0.707. The molecule has 0 saturated heterocycles. The number of fused-ring (bicyclic) bond motifs is 1. The van der Waals surface area contributed by atoms with E-state index in [1.165, 1.54) is 26.6 Å². The van der Waals surface area contributed by atoms with Gasteiger partial charge in [0.15, 0.2) is 11.6 Å². The number of anilines is 2. The van der Waals surface area contributed by atoms with Crippen LogP contribution in [0.4, 0.5) is 20.3 Å². The Morgan fingerprint density at radius 3 is 2.50 bits per heavy atom. The molecule has 0 aliphatic carbocycles. The number of benzene rings is 2. The van der Waals surface area contributed by atoms with Crippen molar-refractivity contribution in [2.75, 3.05) is 19.5 Å². The zero-order chi connectivity index (χ0) is 17.3. The summed E-state index contributed by atoms with van der Waals surface area (Å²) in [5.41, 5.74) is 0.220. The molecule has 2 aromatic carbocycles. The van der Waals surface area contributed by atoms with Crippen molar-refractivity contribution in [2.45, 2.75) is 0 Å². The lowest BCUT2D eigenvalue weighted by molar-refractivity contribution is 0.385. The van der Waals surface area contributed by atoms with E-state index < -0.39 is 11.6 Å². The molecule has 0 aliphatic rings. The summed E-state index contributed by atoms with van der Waals surface area (Å²) in [6.45, 7) is 0. The summed E-state index contributed by atoms with van der Waals surface area (Å²) in [6.07, 6.45) is 1.30. The van der Waals surface area contributed by atoms with E-state index in [2.05, 4.69) is 31.2 Å². The van der Waals surface area contributed by atoms with Crippen LogP contribution in [-0.4, -0.2) is 24.2 Å². The van der Waals surface area contributed by atoms with Crippen LogP contribution in [0.3, 0.4) is 0 Å². The summed E-state index contributed by atoms with van der Waals surface area (Å²) in [5.74, 6) is -0.815. The molecular formula is C16H12BrF2N3O2. The first kappa shape index (κ1) is 16.4. The molecule has 124 valence electrons. The van der Waals surface area contributed by atoms with Gasteiger partial charge in [-0.3, -0.25) is 0 Å². The maximum Gasteiger partial charge on any atom is 0.191 e. The highest BCUT2D eigenvalue weighted by atomic mass is 79.9. The number of nitrogens with one attached hydrogen (secondary N) is 1. The van der Waals surface area contributed by atoms with Crippen molar-refractivity contribution in [2.24, 2.45) is 0 Å². The van der Waals surface area contributed by atoms with Gasteiger partial charge in [0.1, 0.15) is 29.4 Å². The van der Waals surface area contributed by atoms with Gasteiger partial charge < -0.3 is 14.8 Å². The zero-order valence-electron chi connectivity index (χ0n) is 12.7. The maximum absolute atomic E-state index is 14.3. The molecule has 3 rings (SSSR count). The molecule has 1 N–H and O–H groups in total. The molecule has 1 aromatic heterocycles. The Morgan fingerprint density at radius 1 is 1.04 bits per heavy atom. The number of rotatable bonds is 4. The number of ether oxygens (including phenoxy) is 2. The van der Waals surface area contributed by atoms with Crippen LogP contribution in [0.2, 0.25) is 0 Å². The third kappa shape index (κ3) is 2.84. The molecule has 0 radical (unpaired) electrons. The first-order valence-corrected chi connectivity index (χ1v) is 7.61. The number of nitrogens with zero attached hydrogens (tertiary/aromatic N) is 2. The fourth-order valence-corrected chi connectivity index (χ4v) is 2.74. The van der Waals surface area contributed by atoms with Crippen molar-refractivity contribution in [3.8, 4) is 11.5 Å². The molecule has 5 nitrogen and oxygen atoms in total. The number of halogens is 3. The maximum atomic E-state index is 14.3. The number of hydrogen-bond acceptors (Lipinski definition) is 5. The van der Waals surface area contributed by atoms with Crippen molar-refractivity contribution in [1.82, 2.24) is 9.97 Å². The van der Waals surface area contributed by atoms with E-state index in [1.54, 1.807) is 12.1 Å². The van der Waals surface area contributed by atoms with Gasteiger partial charge in [0, 0.05) is 11.5 Å². The molecular weight excluding hydrogens is 384 g/mol. The fourth-order valence-electron chi connectivity index (χ4n) is 2.24. The molecule has 0 fully saturated rings. The van der Waals surface area contributed by atoms with E-state index in [-0.39, 0.29) is 17.3 Å². The topological polar surface area (TPSA) is 56.3 Å². The third-order valence-corrected chi connectivity index (χ3v) is 4.05. The molecule has 0 bridgehead atoms. The van der Waals surface area contributed by atoms with Gasteiger partial charge in [-0.1, -0.05) is 0 Å². The molecule has 0 saturated carbocycles. The van der Waals surface area contributed by atoms with Crippen molar-refractivity contribution in [3.05, 3.63) is 46.7 Å². The van der Waals surface area contributed by atoms with Gasteiger partial charge in [0.2, 0.25) is 0 Å². The van der Waals surface area contributed by atoms with E-state index in [0.29, 0.717) is 21.1 Å². The molecule has 24 heavy (non-hydrogen) atoms. The van der Waals surface area contributed by atoms with Crippen molar-refractivity contribution in [3.63, 3.8) is 0 Å². The molecule has 0 spiro atoms. The third-order valence-electron chi connectivity index (χ3n) is 3.43. The fraction of sp³-hybridized carbons (Fsp3) is 0.125. The average Bonchev–Trinajstić information content (AvgIpc) is 2.58. The summed E-state index contributed by atoms with van der Waals surface area (Å²) < 4.78 is 39.1. The van der Waals surface area contributed by atoms with E-state index in [1.807, 2.05) is 0 Å². The van der Waals surface area contributed by atoms with Gasteiger partial charge in [0.25, 0.3) is 0 Å². The largest absolute Gasteiger partial charge is 0.495 e. The normalized spacial score (nSPS) is 10.7. The van der Waals surface area contributed by atoms with Crippen LogP contribution >= 0.6 is 15.9 Å². The lowest BCUT2D eigenvalue weighted by Gasteiger charge is -2.13. The van der Waals surface area contributed by atoms with Gasteiger partial charge in [-0.15, -0.1) is 0 Å². The van der Waals surface area contributed by atoms with E-state index in [4.69, 9.17) is 9.47 Å². The Labute approximate surface area is 144 Å². The molecule has 0 amide bonds. The zero-order valence-corrected chi connectivity index (χ0v) is 14.3. The number of hydrogen-bond donors (Lipinski definition) is 1. The monoisotopic (exact) mass is 395 g/mol. The predicted octanol–water partition coefficient (Wildman–Crippen LogP) is 4.43. The van der Waals surface area contributed by atoms with Crippen molar-refractivity contribution >= 4 is 38.3 Å². The summed E-state index contributed by atoms with van der Waals surface area (Å²) in [6, 6.07) is 5.75.